The molecule has 0 spiro atoms. The van der Waals surface area contributed by atoms with Crippen LogP contribution in [0.1, 0.15) is 32.4 Å². The van der Waals surface area contributed by atoms with Crippen molar-refractivity contribution in [3.63, 3.8) is 0 Å². The van der Waals surface area contributed by atoms with Gasteiger partial charge in [0, 0.05) is 25.0 Å². The maximum absolute atomic E-state index is 12.4. The van der Waals surface area contributed by atoms with Crippen molar-refractivity contribution in [2.75, 3.05) is 26.7 Å². The Bertz CT molecular complexity index is 480. The van der Waals surface area contributed by atoms with E-state index in [1.54, 1.807) is 7.11 Å². The number of carbonyl (C=O) groups is 1. The van der Waals surface area contributed by atoms with E-state index in [1.165, 1.54) is 0 Å². The van der Waals surface area contributed by atoms with Crippen molar-refractivity contribution in [1.82, 2.24) is 10.2 Å². The van der Waals surface area contributed by atoms with Crippen molar-refractivity contribution in [3.05, 3.63) is 29.8 Å². The molecule has 1 aliphatic heterocycles. The van der Waals surface area contributed by atoms with Crippen LogP contribution in [0, 0.1) is 5.41 Å². The Hall–Kier alpha value is -1.55. The Morgan fingerprint density at radius 1 is 1.40 bits per heavy atom. The fourth-order valence-electron chi connectivity index (χ4n) is 2.49. The van der Waals surface area contributed by atoms with Crippen molar-refractivity contribution in [2.24, 2.45) is 5.41 Å². The van der Waals surface area contributed by atoms with E-state index in [0.717, 1.165) is 24.4 Å². The summed E-state index contributed by atoms with van der Waals surface area (Å²) in [5.41, 5.74) is 0.840. The zero-order valence-electron chi connectivity index (χ0n) is 12.8. The van der Waals surface area contributed by atoms with Crippen LogP contribution in [0.5, 0.6) is 5.75 Å². The van der Waals surface area contributed by atoms with Crippen molar-refractivity contribution in [2.45, 2.75) is 26.8 Å². The van der Waals surface area contributed by atoms with Crippen molar-refractivity contribution in [3.8, 4) is 5.75 Å². The molecule has 1 unspecified atom stereocenters. The van der Waals surface area contributed by atoms with Crippen LogP contribution in [-0.4, -0.2) is 37.6 Å². The lowest BCUT2D eigenvalue weighted by atomic mass is 9.93. The Labute approximate surface area is 121 Å². The molecule has 4 nitrogen and oxygen atoms in total. The van der Waals surface area contributed by atoms with Gasteiger partial charge in [0.2, 0.25) is 5.91 Å². The van der Waals surface area contributed by atoms with Gasteiger partial charge in [-0.15, -0.1) is 0 Å². The molecule has 1 N–H and O–H groups in total. The molecule has 110 valence electrons. The van der Waals surface area contributed by atoms with Crippen LogP contribution >= 0.6 is 0 Å². The van der Waals surface area contributed by atoms with Gasteiger partial charge in [-0.3, -0.25) is 4.79 Å². The van der Waals surface area contributed by atoms with Crippen LogP contribution in [0.4, 0.5) is 0 Å². The van der Waals surface area contributed by atoms with E-state index in [-0.39, 0.29) is 17.4 Å². The normalized spacial score (nSPS) is 19.8. The number of hydrogen-bond donors (Lipinski definition) is 1. The number of nitrogens with zero attached hydrogens (tertiary/aromatic N) is 1. The average Bonchev–Trinajstić information content (AvgIpc) is 2.45. The quantitative estimate of drug-likeness (QED) is 0.900. The van der Waals surface area contributed by atoms with E-state index in [1.807, 2.05) is 43.9 Å². The molecule has 20 heavy (non-hydrogen) atoms. The fraction of sp³-hybridized carbons (Fsp3) is 0.562. The molecule has 0 aromatic heterocycles. The van der Waals surface area contributed by atoms with Crippen LogP contribution < -0.4 is 10.1 Å². The van der Waals surface area contributed by atoms with Crippen molar-refractivity contribution in [1.29, 1.82) is 0 Å². The Balaban J connectivity index is 2.12. The number of benzene rings is 1. The summed E-state index contributed by atoms with van der Waals surface area (Å²) < 4.78 is 5.27. The highest BCUT2D eigenvalue weighted by Crippen LogP contribution is 2.24. The van der Waals surface area contributed by atoms with Gasteiger partial charge in [-0.25, -0.2) is 0 Å². The highest BCUT2D eigenvalue weighted by Gasteiger charge is 2.31. The predicted octanol–water partition coefficient (Wildman–Crippen LogP) is 2.21. The number of carbonyl (C=O) groups excluding carboxylic acids is 1. The first-order chi connectivity index (χ1) is 9.41. The zero-order valence-corrected chi connectivity index (χ0v) is 12.8. The number of methoxy groups -OCH3 is 1. The first-order valence-electron chi connectivity index (χ1n) is 7.08. The molecule has 4 heteroatoms. The summed E-state index contributed by atoms with van der Waals surface area (Å²) in [6, 6.07) is 8.20. The van der Waals surface area contributed by atoms with Crippen molar-refractivity contribution < 1.29 is 9.53 Å². The summed E-state index contributed by atoms with van der Waals surface area (Å²) >= 11 is 0. The van der Waals surface area contributed by atoms with Gasteiger partial charge in [0.1, 0.15) is 5.75 Å². The highest BCUT2D eigenvalue weighted by molar-refractivity contribution is 5.81. The average molecular weight is 276 g/mol. The van der Waals surface area contributed by atoms with Crippen LogP contribution in [0.3, 0.4) is 0 Å². The van der Waals surface area contributed by atoms with E-state index < -0.39 is 0 Å². The molecule has 1 aliphatic rings. The van der Waals surface area contributed by atoms with Crippen LogP contribution in [0.15, 0.2) is 24.3 Å². The molecule has 0 bridgehead atoms. The van der Waals surface area contributed by atoms with E-state index in [4.69, 9.17) is 4.74 Å². The Morgan fingerprint density at radius 3 is 2.80 bits per heavy atom. The predicted molar refractivity (Wildman–Crippen MR) is 79.8 cm³/mol. The summed E-state index contributed by atoms with van der Waals surface area (Å²) in [5, 5.41) is 3.47. The summed E-state index contributed by atoms with van der Waals surface area (Å²) in [7, 11) is 1.67. The van der Waals surface area contributed by atoms with Gasteiger partial charge in [-0.2, -0.15) is 0 Å². The van der Waals surface area contributed by atoms with Gasteiger partial charge in [0.15, 0.2) is 0 Å². The first kappa shape index (κ1) is 14.9. The van der Waals surface area contributed by atoms with E-state index >= 15 is 0 Å². The summed E-state index contributed by atoms with van der Waals surface area (Å²) in [4.78, 5) is 14.4. The lowest BCUT2D eigenvalue weighted by Crippen LogP contribution is -2.51. The Kier molecular flexibility index (Phi) is 4.33. The lowest BCUT2D eigenvalue weighted by molar-refractivity contribution is -0.140. The third-order valence-corrected chi connectivity index (χ3v) is 3.60. The van der Waals surface area contributed by atoms with Crippen molar-refractivity contribution >= 4 is 5.91 Å². The van der Waals surface area contributed by atoms with E-state index in [0.29, 0.717) is 6.54 Å². The molecular formula is C16H24N2O2. The second-order valence-electron chi connectivity index (χ2n) is 6.28. The fourth-order valence-corrected chi connectivity index (χ4v) is 2.49. The molecule has 1 amide bonds. The number of amides is 1. The highest BCUT2D eigenvalue weighted by atomic mass is 16.5. The van der Waals surface area contributed by atoms with Gasteiger partial charge >= 0.3 is 0 Å². The molecule has 1 saturated heterocycles. The van der Waals surface area contributed by atoms with E-state index in [2.05, 4.69) is 11.4 Å². The van der Waals surface area contributed by atoms with Gasteiger partial charge in [0.05, 0.1) is 13.2 Å². The molecule has 1 atom stereocenters. The zero-order chi connectivity index (χ0) is 14.8. The minimum atomic E-state index is -0.323. The van der Waals surface area contributed by atoms with E-state index in [9.17, 15) is 4.79 Å². The summed E-state index contributed by atoms with van der Waals surface area (Å²) in [6.45, 7) is 8.22. The molecule has 1 fully saturated rings. The standard InChI is InChI=1S/C16H24N2O2/c1-16(2,3)15(19)18-9-8-17-14(11-18)12-6-5-7-13(10-12)20-4/h5-7,10,14,17H,8-9,11H2,1-4H3. The number of piperazine rings is 1. The van der Waals surface area contributed by atoms with Crippen LogP contribution in [0.2, 0.25) is 0 Å². The molecular weight excluding hydrogens is 252 g/mol. The molecule has 0 aliphatic carbocycles. The number of ether oxygens (including phenoxy) is 1. The molecule has 0 radical (unpaired) electrons. The SMILES string of the molecule is COc1cccc(C2CN(C(=O)C(C)(C)C)CCN2)c1. The molecule has 1 aromatic carbocycles. The molecule has 1 aromatic rings. The largest absolute Gasteiger partial charge is 0.497 e. The second kappa shape index (κ2) is 5.83. The summed E-state index contributed by atoms with van der Waals surface area (Å²) in [6.07, 6.45) is 0. The molecule has 1 heterocycles. The summed E-state index contributed by atoms with van der Waals surface area (Å²) in [5.74, 6) is 1.07. The molecule has 2 rings (SSSR count). The minimum absolute atomic E-state index is 0.171. The topological polar surface area (TPSA) is 41.6 Å². The Morgan fingerprint density at radius 2 is 2.15 bits per heavy atom. The number of hydrogen-bond acceptors (Lipinski definition) is 3. The first-order valence-corrected chi connectivity index (χ1v) is 7.08. The van der Waals surface area contributed by atoms with Gasteiger partial charge in [0.25, 0.3) is 0 Å². The second-order valence-corrected chi connectivity index (χ2v) is 6.28. The lowest BCUT2D eigenvalue weighted by Gasteiger charge is -2.37. The van der Waals surface area contributed by atoms with Crippen LogP contribution in [-0.2, 0) is 4.79 Å². The van der Waals surface area contributed by atoms with Crippen LogP contribution in [0.25, 0.3) is 0 Å². The number of rotatable bonds is 2. The molecule has 0 saturated carbocycles. The smallest absolute Gasteiger partial charge is 0.228 e. The van der Waals surface area contributed by atoms with Gasteiger partial charge < -0.3 is 15.0 Å². The number of nitrogens with one attached hydrogen (secondary N) is 1. The van der Waals surface area contributed by atoms with Gasteiger partial charge in [-0.05, 0) is 17.7 Å². The maximum atomic E-state index is 12.4. The minimum Gasteiger partial charge on any atom is -0.497 e. The third-order valence-electron chi connectivity index (χ3n) is 3.60. The third kappa shape index (κ3) is 3.31. The van der Waals surface area contributed by atoms with Gasteiger partial charge in [-0.1, -0.05) is 32.9 Å². The monoisotopic (exact) mass is 276 g/mol. The maximum Gasteiger partial charge on any atom is 0.228 e.